The van der Waals surface area contributed by atoms with Gasteiger partial charge in [-0.15, -0.1) is 0 Å². The van der Waals surface area contributed by atoms with Crippen LogP contribution in [0.3, 0.4) is 0 Å². The van der Waals surface area contributed by atoms with Crippen molar-refractivity contribution >= 4 is 5.82 Å². The van der Waals surface area contributed by atoms with Crippen LogP contribution in [0.15, 0.2) is 48.5 Å². The van der Waals surface area contributed by atoms with Gasteiger partial charge in [0, 0.05) is 23.2 Å². The third-order valence-corrected chi connectivity index (χ3v) is 3.91. The van der Waals surface area contributed by atoms with Gasteiger partial charge in [0.15, 0.2) is 5.82 Å². The zero-order valence-corrected chi connectivity index (χ0v) is 13.4. The fourth-order valence-electron chi connectivity index (χ4n) is 2.72. The Hall–Kier alpha value is -2.72. The molecule has 4 nitrogen and oxygen atoms in total. The quantitative estimate of drug-likeness (QED) is 0.776. The first-order valence-electron chi connectivity index (χ1n) is 7.59. The van der Waals surface area contributed by atoms with Crippen LogP contribution in [0.25, 0.3) is 22.6 Å². The molecule has 116 valence electrons. The topological polar surface area (TPSA) is 77.8 Å². The normalized spacial score (nSPS) is 10.7. The number of nitrogens with zero attached hydrogens (tertiary/aromatic N) is 2. The molecule has 0 spiro atoms. The smallest absolute Gasteiger partial charge is 0.162 e. The van der Waals surface area contributed by atoms with E-state index in [1.54, 1.807) is 0 Å². The second-order valence-corrected chi connectivity index (χ2v) is 5.65. The lowest BCUT2D eigenvalue weighted by molar-refractivity contribution is 1.02. The van der Waals surface area contributed by atoms with Gasteiger partial charge in [-0.1, -0.05) is 54.1 Å². The minimum Gasteiger partial charge on any atom is -0.383 e. The average molecular weight is 304 g/mol. The van der Waals surface area contributed by atoms with E-state index in [1.807, 2.05) is 30.3 Å². The summed E-state index contributed by atoms with van der Waals surface area (Å²) < 4.78 is 0. The Morgan fingerprint density at radius 1 is 0.957 bits per heavy atom. The van der Waals surface area contributed by atoms with E-state index in [2.05, 4.69) is 37.0 Å². The first-order valence-corrected chi connectivity index (χ1v) is 7.59. The number of rotatable bonds is 3. The van der Waals surface area contributed by atoms with Gasteiger partial charge in [-0.25, -0.2) is 9.97 Å². The van der Waals surface area contributed by atoms with Crippen molar-refractivity contribution in [2.45, 2.75) is 20.4 Å². The number of benzene rings is 2. The Morgan fingerprint density at radius 2 is 1.70 bits per heavy atom. The number of nitrogen functional groups attached to an aromatic ring is 1. The molecule has 4 N–H and O–H groups in total. The maximum Gasteiger partial charge on any atom is 0.162 e. The Kier molecular flexibility index (Phi) is 4.08. The highest BCUT2D eigenvalue weighted by molar-refractivity contribution is 5.73. The van der Waals surface area contributed by atoms with Gasteiger partial charge in [0.05, 0.1) is 5.69 Å². The van der Waals surface area contributed by atoms with Gasteiger partial charge in [0.1, 0.15) is 5.82 Å². The molecule has 0 aliphatic rings. The van der Waals surface area contributed by atoms with Crippen LogP contribution in [0.4, 0.5) is 5.82 Å². The third kappa shape index (κ3) is 2.94. The first-order chi connectivity index (χ1) is 11.1. The van der Waals surface area contributed by atoms with Gasteiger partial charge in [-0.05, 0) is 19.4 Å². The zero-order valence-electron chi connectivity index (χ0n) is 13.4. The van der Waals surface area contributed by atoms with E-state index >= 15 is 0 Å². The number of anilines is 1. The van der Waals surface area contributed by atoms with Crippen molar-refractivity contribution in [2.75, 3.05) is 5.73 Å². The highest BCUT2D eigenvalue weighted by atomic mass is 15.0. The second kappa shape index (κ2) is 6.18. The van der Waals surface area contributed by atoms with Gasteiger partial charge in [-0.2, -0.15) is 0 Å². The number of hydrogen-bond donors (Lipinski definition) is 2. The lowest BCUT2D eigenvalue weighted by Crippen LogP contribution is -2.09. The maximum atomic E-state index is 6.16. The van der Waals surface area contributed by atoms with Crippen LogP contribution in [0.5, 0.6) is 0 Å². The predicted molar refractivity (Wildman–Crippen MR) is 94.7 cm³/mol. The van der Waals surface area contributed by atoms with Crippen molar-refractivity contribution < 1.29 is 0 Å². The molecule has 0 amide bonds. The number of nitrogens with two attached hydrogens (primary N) is 2. The molecule has 1 aromatic heterocycles. The summed E-state index contributed by atoms with van der Waals surface area (Å²) in [6.45, 7) is 4.46. The highest BCUT2D eigenvalue weighted by Gasteiger charge is 2.15. The average Bonchev–Trinajstić information content (AvgIpc) is 2.55. The Bertz CT molecular complexity index is 841. The van der Waals surface area contributed by atoms with Gasteiger partial charge in [0.25, 0.3) is 0 Å². The Labute approximate surface area is 136 Å². The molecule has 0 radical (unpaired) electrons. The summed E-state index contributed by atoms with van der Waals surface area (Å²) in [5, 5.41) is 0. The van der Waals surface area contributed by atoms with Crippen molar-refractivity contribution in [2.24, 2.45) is 5.73 Å². The molecule has 1 heterocycles. The molecule has 0 bridgehead atoms. The lowest BCUT2D eigenvalue weighted by atomic mass is 9.99. The first kappa shape index (κ1) is 15.2. The van der Waals surface area contributed by atoms with E-state index in [9.17, 15) is 0 Å². The van der Waals surface area contributed by atoms with Crippen molar-refractivity contribution in [1.82, 2.24) is 9.97 Å². The summed E-state index contributed by atoms with van der Waals surface area (Å²) in [6, 6.07) is 16.1. The van der Waals surface area contributed by atoms with Gasteiger partial charge in [0.2, 0.25) is 0 Å². The van der Waals surface area contributed by atoms with Gasteiger partial charge < -0.3 is 11.5 Å². The van der Waals surface area contributed by atoms with Crippen molar-refractivity contribution in [3.8, 4) is 22.6 Å². The van der Waals surface area contributed by atoms with Gasteiger partial charge in [-0.3, -0.25) is 0 Å². The highest BCUT2D eigenvalue weighted by Crippen LogP contribution is 2.30. The summed E-state index contributed by atoms with van der Waals surface area (Å²) >= 11 is 0. The summed E-state index contributed by atoms with van der Waals surface area (Å²) in [4.78, 5) is 9.20. The fourth-order valence-corrected chi connectivity index (χ4v) is 2.72. The molecule has 0 aliphatic heterocycles. The summed E-state index contributed by atoms with van der Waals surface area (Å²) in [6.07, 6.45) is 0. The van der Waals surface area contributed by atoms with Crippen LogP contribution in [0.1, 0.15) is 16.7 Å². The fraction of sp³-hybridized carbons (Fsp3) is 0.158. The van der Waals surface area contributed by atoms with E-state index < -0.39 is 0 Å². The molecule has 4 heteroatoms. The van der Waals surface area contributed by atoms with E-state index in [1.165, 1.54) is 5.56 Å². The second-order valence-electron chi connectivity index (χ2n) is 5.65. The molecule has 23 heavy (non-hydrogen) atoms. The third-order valence-electron chi connectivity index (χ3n) is 3.91. The van der Waals surface area contributed by atoms with E-state index in [4.69, 9.17) is 16.5 Å². The maximum absolute atomic E-state index is 6.16. The van der Waals surface area contributed by atoms with Gasteiger partial charge >= 0.3 is 0 Å². The minimum absolute atomic E-state index is 0.309. The van der Waals surface area contributed by atoms with Crippen LogP contribution < -0.4 is 11.5 Å². The summed E-state index contributed by atoms with van der Waals surface area (Å²) in [5.74, 6) is 1.06. The lowest BCUT2D eigenvalue weighted by Gasteiger charge is -2.14. The molecule has 0 atom stereocenters. The van der Waals surface area contributed by atoms with Crippen molar-refractivity contribution in [1.29, 1.82) is 0 Å². The number of hydrogen-bond acceptors (Lipinski definition) is 4. The molecule has 0 fully saturated rings. The molecule has 3 aromatic rings. The summed E-state index contributed by atoms with van der Waals surface area (Å²) in [5.41, 5.74) is 18.0. The van der Waals surface area contributed by atoms with Crippen LogP contribution in [-0.2, 0) is 6.54 Å². The van der Waals surface area contributed by atoms with Crippen LogP contribution >= 0.6 is 0 Å². The number of aromatic nitrogens is 2. The predicted octanol–water partition coefficient (Wildman–Crippen LogP) is 3.47. The molecule has 0 unspecified atom stereocenters. The molecular formula is C19H20N4. The zero-order chi connectivity index (χ0) is 16.4. The van der Waals surface area contributed by atoms with Crippen LogP contribution in [0, 0.1) is 13.8 Å². The van der Waals surface area contributed by atoms with Crippen molar-refractivity contribution in [3.05, 3.63) is 65.2 Å². The van der Waals surface area contributed by atoms with Crippen LogP contribution in [-0.4, -0.2) is 9.97 Å². The van der Waals surface area contributed by atoms with E-state index in [-0.39, 0.29) is 0 Å². The largest absolute Gasteiger partial charge is 0.383 e. The molecule has 2 aromatic carbocycles. The summed E-state index contributed by atoms with van der Waals surface area (Å²) in [7, 11) is 0. The standard InChI is InChI=1S/C19H20N4/c1-12-8-9-15(13(2)10-12)17-16(11-20)18(21)23-19(22-17)14-6-4-3-5-7-14/h3-10H,11,20H2,1-2H3,(H2,21,22,23). The number of aryl methyl sites for hydroxylation is 2. The van der Waals surface area contributed by atoms with E-state index in [0.29, 0.717) is 18.2 Å². The molecule has 3 rings (SSSR count). The molecular weight excluding hydrogens is 284 g/mol. The molecule has 0 saturated heterocycles. The van der Waals surface area contributed by atoms with Crippen molar-refractivity contribution in [3.63, 3.8) is 0 Å². The Morgan fingerprint density at radius 3 is 2.35 bits per heavy atom. The van der Waals surface area contributed by atoms with Crippen LogP contribution in [0.2, 0.25) is 0 Å². The SMILES string of the molecule is Cc1ccc(-c2nc(-c3ccccc3)nc(N)c2CN)c(C)c1. The molecule has 0 aliphatic carbocycles. The van der Waals surface area contributed by atoms with E-state index in [0.717, 1.165) is 27.9 Å². The monoisotopic (exact) mass is 304 g/mol. The Balaban J connectivity index is 2.24. The molecule has 0 saturated carbocycles. The minimum atomic E-state index is 0.309.